The number of rotatable bonds is 4. The summed E-state index contributed by atoms with van der Waals surface area (Å²) in [5, 5.41) is 6.27. The smallest absolute Gasteiger partial charge is 0.274 e. The first-order chi connectivity index (χ1) is 11.1. The van der Waals surface area contributed by atoms with Crippen LogP contribution in [0.4, 0.5) is 11.5 Å². The minimum atomic E-state index is -0.233. The van der Waals surface area contributed by atoms with Crippen molar-refractivity contribution in [2.45, 2.75) is 38.6 Å². The Morgan fingerprint density at radius 1 is 1.22 bits per heavy atom. The Labute approximate surface area is 144 Å². The van der Waals surface area contributed by atoms with Crippen molar-refractivity contribution in [3.8, 4) is 0 Å². The van der Waals surface area contributed by atoms with Crippen LogP contribution in [-0.2, 0) is 0 Å². The Morgan fingerprint density at radius 2 is 2.00 bits per heavy atom. The maximum Gasteiger partial charge on any atom is 0.274 e. The lowest BCUT2D eigenvalue weighted by Gasteiger charge is -2.14. The summed E-state index contributed by atoms with van der Waals surface area (Å²) in [6.07, 6.45) is 4.81. The Balaban J connectivity index is 1.75. The molecule has 1 aliphatic carbocycles. The number of aryl methyl sites for hydroxylation is 1. The maximum absolute atomic E-state index is 12.4. The van der Waals surface area contributed by atoms with E-state index in [4.69, 9.17) is 0 Å². The molecule has 1 saturated carbocycles. The molecule has 0 unspecified atom stereocenters. The quantitative estimate of drug-likeness (QED) is 0.843. The molecular weight excluding hydrogens is 356 g/mol. The molecule has 2 aromatic rings. The largest absolute Gasteiger partial charge is 0.367 e. The van der Waals surface area contributed by atoms with Crippen LogP contribution in [-0.4, -0.2) is 21.9 Å². The number of nitrogens with zero attached hydrogens (tertiary/aromatic N) is 2. The van der Waals surface area contributed by atoms with E-state index in [0.29, 0.717) is 17.6 Å². The maximum atomic E-state index is 12.4. The number of aromatic nitrogens is 2. The number of amides is 1. The highest BCUT2D eigenvalue weighted by Crippen LogP contribution is 2.22. The normalized spacial score (nSPS) is 14.7. The molecule has 1 fully saturated rings. The molecule has 120 valence electrons. The van der Waals surface area contributed by atoms with Gasteiger partial charge in [-0.1, -0.05) is 34.8 Å². The number of carbonyl (C=O) groups is 1. The molecule has 5 nitrogen and oxygen atoms in total. The van der Waals surface area contributed by atoms with E-state index in [1.807, 2.05) is 24.3 Å². The summed E-state index contributed by atoms with van der Waals surface area (Å²) in [5.74, 6) is 1.08. The molecule has 1 heterocycles. The van der Waals surface area contributed by atoms with Crippen LogP contribution in [0.3, 0.4) is 0 Å². The monoisotopic (exact) mass is 374 g/mol. The van der Waals surface area contributed by atoms with Gasteiger partial charge in [0.05, 0.1) is 0 Å². The van der Waals surface area contributed by atoms with Crippen molar-refractivity contribution in [2.75, 3.05) is 10.6 Å². The van der Waals surface area contributed by atoms with Crippen LogP contribution in [0.1, 0.15) is 42.0 Å². The van der Waals surface area contributed by atoms with E-state index >= 15 is 0 Å². The zero-order chi connectivity index (χ0) is 16.2. The highest BCUT2D eigenvalue weighted by atomic mass is 79.9. The Kier molecular flexibility index (Phi) is 4.91. The van der Waals surface area contributed by atoms with Crippen LogP contribution in [0.25, 0.3) is 0 Å². The van der Waals surface area contributed by atoms with Gasteiger partial charge >= 0.3 is 0 Å². The Morgan fingerprint density at radius 3 is 2.74 bits per heavy atom. The van der Waals surface area contributed by atoms with E-state index in [-0.39, 0.29) is 5.91 Å². The van der Waals surface area contributed by atoms with Crippen LogP contribution in [0, 0.1) is 6.92 Å². The molecule has 1 aromatic heterocycles. The zero-order valence-electron chi connectivity index (χ0n) is 13.0. The van der Waals surface area contributed by atoms with E-state index < -0.39 is 0 Å². The van der Waals surface area contributed by atoms with Gasteiger partial charge < -0.3 is 10.6 Å². The third-order valence-electron chi connectivity index (χ3n) is 3.86. The number of hydrogen-bond acceptors (Lipinski definition) is 4. The van der Waals surface area contributed by atoms with Crippen molar-refractivity contribution in [2.24, 2.45) is 0 Å². The summed E-state index contributed by atoms with van der Waals surface area (Å²) in [6.45, 7) is 1.80. The molecule has 23 heavy (non-hydrogen) atoms. The minimum absolute atomic E-state index is 0.233. The van der Waals surface area contributed by atoms with Crippen LogP contribution < -0.4 is 10.6 Å². The highest BCUT2D eigenvalue weighted by Gasteiger charge is 2.17. The first-order valence-electron chi connectivity index (χ1n) is 7.79. The summed E-state index contributed by atoms with van der Waals surface area (Å²) >= 11 is 3.39. The Bertz CT molecular complexity index is 713. The van der Waals surface area contributed by atoms with Gasteiger partial charge in [0.1, 0.15) is 17.3 Å². The lowest BCUT2D eigenvalue weighted by atomic mass is 10.2. The molecule has 0 aliphatic heterocycles. The SMILES string of the molecule is Cc1nc(NC2CCCC2)cc(C(=O)Nc2cccc(Br)c2)n1. The fourth-order valence-corrected chi connectivity index (χ4v) is 3.20. The molecule has 0 spiro atoms. The van der Waals surface area contributed by atoms with Crippen LogP contribution in [0.15, 0.2) is 34.8 Å². The Hall–Kier alpha value is -1.95. The van der Waals surface area contributed by atoms with Gasteiger partial charge in [0, 0.05) is 22.3 Å². The van der Waals surface area contributed by atoms with Crippen molar-refractivity contribution in [3.63, 3.8) is 0 Å². The lowest BCUT2D eigenvalue weighted by molar-refractivity contribution is 0.102. The van der Waals surface area contributed by atoms with Crippen LogP contribution in [0.5, 0.6) is 0 Å². The molecule has 0 atom stereocenters. The molecule has 1 aliphatic rings. The fourth-order valence-electron chi connectivity index (χ4n) is 2.80. The molecule has 0 radical (unpaired) electrons. The number of nitrogens with one attached hydrogen (secondary N) is 2. The van der Waals surface area contributed by atoms with Crippen molar-refractivity contribution >= 4 is 33.3 Å². The topological polar surface area (TPSA) is 66.9 Å². The van der Waals surface area contributed by atoms with Crippen molar-refractivity contribution in [1.29, 1.82) is 0 Å². The van der Waals surface area contributed by atoms with Crippen molar-refractivity contribution in [3.05, 3.63) is 46.3 Å². The number of halogens is 1. The van der Waals surface area contributed by atoms with Crippen LogP contribution in [0.2, 0.25) is 0 Å². The number of hydrogen-bond donors (Lipinski definition) is 2. The predicted molar refractivity (Wildman–Crippen MR) is 94.7 cm³/mol. The fraction of sp³-hybridized carbons (Fsp3) is 0.353. The first-order valence-corrected chi connectivity index (χ1v) is 8.58. The number of benzene rings is 1. The van der Waals surface area contributed by atoms with E-state index in [2.05, 4.69) is 36.5 Å². The minimum Gasteiger partial charge on any atom is -0.367 e. The molecule has 6 heteroatoms. The summed E-state index contributed by atoms with van der Waals surface area (Å²) < 4.78 is 0.915. The average molecular weight is 375 g/mol. The highest BCUT2D eigenvalue weighted by molar-refractivity contribution is 9.10. The summed E-state index contributed by atoms with van der Waals surface area (Å²) in [5.41, 5.74) is 1.10. The van der Waals surface area contributed by atoms with E-state index in [1.165, 1.54) is 12.8 Å². The molecule has 0 saturated heterocycles. The van der Waals surface area contributed by atoms with E-state index in [9.17, 15) is 4.79 Å². The summed E-state index contributed by atoms with van der Waals surface area (Å²) in [6, 6.07) is 9.65. The second kappa shape index (κ2) is 7.08. The first kappa shape index (κ1) is 15.9. The van der Waals surface area contributed by atoms with Gasteiger partial charge in [-0.05, 0) is 38.0 Å². The zero-order valence-corrected chi connectivity index (χ0v) is 14.6. The second-order valence-corrected chi connectivity index (χ2v) is 6.69. The second-order valence-electron chi connectivity index (χ2n) is 5.78. The molecule has 1 aromatic carbocycles. The average Bonchev–Trinajstić information content (AvgIpc) is 2.99. The molecule has 1 amide bonds. The van der Waals surface area contributed by atoms with Crippen LogP contribution >= 0.6 is 15.9 Å². The third kappa shape index (κ3) is 4.28. The van der Waals surface area contributed by atoms with Gasteiger partial charge in [0.2, 0.25) is 0 Å². The molecular formula is C17H19BrN4O. The summed E-state index contributed by atoms with van der Waals surface area (Å²) in [4.78, 5) is 21.1. The molecule has 2 N–H and O–H groups in total. The molecule has 3 rings (SSSR count). The van der Waals surface area contributed by atoms with Gasteiger partial charge in [0.25, 0.3) is 5.91 Å². The van der Waals surface area contributed by atoms with Gasteiger partial charge in [-0.15, -0.1) is 0 Å². The lowest BCUT2D eigenvalue weighted by Crippen LogP contribution is -2.19. The molecule has 0 bridgehead atoms. The summed E-state index contributed by atoms with van der Waals surface area (Å²) in [7, 11) is 0. The van der Waals surface area contributed by atoms with Crippen molar-refractivity contribution < 1.29 is 4.79 Å². The van der Waals surface area contributed by atoms with Gasteiger partial charge in [-0.2, -0.15) is 0 Å². The van der Waals surface area contributed by atoms with E-state index in [0.717, 1.165) is 28.8 Å². The van der Waals surface area contributed by atoms with E-state index in [1.54, 1.807) is 13.0 Å². The number of carbonyl (C=O) groups excluding carboxylic acids is 1. The standard InChI is InChI=1S/C17H19BrN4O/c1-11-19-15(10-16(20-11)21-13-6-2-3-7-13)17(23)22-14-8-4-5-12(18)9-14/h4-5,8-10,13H,2-3,6-7H2,1H3,(H,22,23)(H,19,20,21). The predicted octanol–water partition coefficient (Wildman–Crippen LogP) is 4.15. The van der Waals surface area contributed by atoms with Gasteiger partial charge in [-0.25, -0.2) is 9.97 Å². The van der Waals surface area contributed by atoms with Gasteiger partial charge in [0.15, 0.2) is 0 Å². The van der Waals surface area contributed by atoms with Gasteiger partial charge in [-0.3, -0.25) is 4.79 Å². The van der Waals surface area contributed by atoms with Crippen molar-refractivity contribution in [1.82, 2.24) is 9.97 Å². The third-order valence-corrected chi connectivity index (χ3v) is 4.35. The number of anilines is 2.